The summed E-state index contributed by atoms with van der Waals surface area (Å²) in [5.74, 6) is -0.143. The molecule has 1 unspecified atom stereocenters. The monoisotopic (exact) mass is 294 g/mol. The Balaban J connectivity index is 1.67. The van der Waals surface area contributed by atoms with Gasteiger partial charge in [0.25, 0.3) is 0 Å². The molecule has 0 spiro atoms. The minimum absolute atomic E-state index is 0.143. The lowest BCUT2D eigenvalue weighted by Gasteiger charge is -2.38. The number of aryl methyl sites for hydroxylation is 1. The minimum Gasteiger partial charge on any atom is -0.395 e. The van der Waals surface area contributed by atoms with Crippen molar-refractivity contribution in [1.29, 1.82) is 0 Å². The number of aliphatic hydroxyl groups is 1. The fourth-order valence-corrected chi connectivity index (χ4v) is 3.05. The second-order valence-electron chi connectivity index (χ2n) is 5.86. The maximum atomic E-state index is 13.1. The molecular weight excluding hydrogens is 267 g/mol. The van der Waals surface area contributed by atoms with Gasteiger partial charge in [-0.05, 0) is 43.5 Å². The van der Waals surface area contributed by atoms with Crippen molar-refractivity contribution in [3.63, 3.8) is 0 Å². The maximum absolute atomic E-state index is 13.1. The molecule has 0 bridgehead atoms. The molecule has 0 aromatic heterocycles. The van der Waals surface area contributed by atoms with Gasteiger partial charge in [0, 0.05) is 32.2 Å². The van der Waals surface area contributed by atoms with Crippen LogP contribution in [0.2, 0.25) is 0 Å². The van der Waals surface area contributed by atoms with Crippen molar-refractivity contribution in [3.05, 3.63) is 35.6 Å². The van der Waals surface area contributed by atoms with E-state index in [-0.39, 0.29) is 12.4 Å². The molecule has 118 valence electrons. The third-order valence-corrected chi connectivity index (χ3v) is 4.43. The second-order valence-corrected chi connectivity index (χ2v) is 5.86. The largest absolute Gasteiger partial charge is 0.395 e. The van der Waals surface area contributed by atoms with E-state index in [2.05, 4.69) is 16.7 Å². The lowest BCUT2D eigenvalue weighted by molar-refractivity contribution is 0.0633. The number of hydrogen-bond acceptors (Lipinski definition) is 3. The van der Waals surface area contributed by atoms with Crippen LogP contribution in [0, 0.1) is 5.82 Å². The van der Waals surface area contributed by atoms with Crippen molar-refractivity contribution in [1.82, 2.24) is 9.80 Å². The summed E-state index contributed by atoms with van der Waals surface area (Å²) in [6, 6.07) is 7.22. The summed E-state index contributed by atoms with van der Waals surface area (Å²) in [4.78, 5) is 4.86. The van der Waals surface area contributed by atoms with Gasteiger partial charge in [0.15, 0.2) is 0 Å². The fraction of sp³-hybridized carbons (Fsp3) is 0.647. The Labute approximate surface area is 127 Å². The van der Waals surface area contributed by atoms with E-state index in [1.165, 1.54) is 6.07 Å². The van der Waals surface area contributed by atoms with Crippen molar-refractivity contribution in [2.45, 2.75) is 32.2 Å². The fourth-order valence-electron chi connectivity index (χ4n) is 3.05. The summed E-state index contributed by atoms with van der Waals surface area (Å²) in [6.45, 7) is 7.68. The van der Waals surface area contributed by atoms with Gasteiger partial charge in [0.05, 0.1) is 6.61 Å². The van der Waals surface area contributed by atoms with E-state index in [1.807, 2.05) is 6.07 Å². The lowest BCUT2D eigenvalue weighted by Crippen LogP contribution is -2.51. The summed E-state index contributed by atoms with van der Waals surface area (Å²) >= 11 is 0. The molecule has 21 heavy (non-hydrogen) atoms. The average Bonchev–Trinajstić information content (AvgIpc) is 2.50. The molecule has 4 heteroatoms. The molecule has 1 atom stereocenters. The minimum atomic E-state index is -0.143. The van der Waals surface area contributed by atoms with E-state index in [4.69, 9.17) is 0 Å². The molecule has 1 fully saturated rings. The summed E-state index contributed by atoms with van der Waals surface area (Å²) < 4.78 is 13.1. The van der Waals surface area contributed by atoms with Gasteiger partial charge in [-0.15, -0.1) is 0 Å². The first kappa shape index (κ1) is 16.4. The quantitative estimate of drug-likeness (QED) is 0.835. The van der Waals surface area contributed by atoms with Gasteiger partial charge in [-0.3, -0.25) is 4.90 Å². The third-order valence-electron chi connectivity index (χ3n) is 4.43. The summed E-state index contributed by atoms with van der Waals surface area (Å²) in [7, 11) is 0. The van der Waals surface area contributed by atoms with Gasteiger partial charge in [-0.1, -0.05) is 19.1 Å². The molecule has 0 aliphatic carbocycles. The first-order chi connectivity index (χ1) is 10.2. The van der Waals surface area contributed by atoms with Crippen molar-refractivity contribution in [3.8, 4) is 0 Å². The third kappa shape index (κ3) is 5.06. The zero-order valence-electron chi connectivity index (χ0n) is 13.0. The maximum Gasteiger partial charge on any atom is 0.123 e. The van der Waals surface area contributed by atoms with Crippen LogP contribution in [-0.4, -0.2) is 60.3 Å². The zero-order chi connectivity index (χ0) is 15.1. The Hall–Kier alpha value is -0.970. The van der Waals surface area contributed by atoms with Gasteiger partial charge in [0.1, 0.15) is 5.82 Å². The predicted molar refractivity (Wildman–Crippen MR) is 83.9 cm³/mol. The molecule has 2 rings (SSSR count). The van der Waals surface area contributed by atoms with Gasteiger partial charge in [0.2, 0.25) is 0 Å². The van der Waals surface area contributed by atoms with Gasteiger partial charge >= 0.3 is 0 Å². The average molecular weight is 294 g/mol. The van der Waals surface area contributed by atoms with Crippen LogP contribution < -0.4 is 0 Å². The summed E-state index contributed by atoms with van der Waals surface area (Å²) in [5.41, 5.74) is 1.08. The van der Waals surface area contributed by atoms with Crippen LogP contribution in [0.3, 0.4) is 0 Å². The van der Waals surface area contributed by atoms with Gasteiger partial charge in [-0.2, -0.15) is 0 Å². The zero-order valence-corrected chi connectivity index (χ0v) is 13.0. The van der Waals surface area contributed by atoms with E-state index >= 15 is 0 Å². The SMILES string of the molecule is CCC(CO)N1CCN(CCCc2cccc(F)c2)CC1. The normalized spacial score (nSPS) is 18.8. The Morgan fingerprint density at radius 3 is 2.62 bits per heavy atom. The Bertz CT molecular complexity index is 415. The van der Waals surface area contributed by atoms with E-state index in [0.29, 0.717) is 6.04 Å². The topological polar surface area (TPSA) is 26.7 Å². The summed E-state index contributed by atoms with van der Waals surface area (Å²) in [6.07, 6.45) is 3.02. The molecule has 0 saturated carbocycles. The van der Waals surface area contributed by atoms with Gasteiger partial charge < -0.3 is 10.0 Å². The van der Waals surface area contributed by atoms with Crippen LogP contribution >= 0.6 is 0 Å². The molecular formula is C17H27FN2O. The highest BCUT2D eigenvalue weighted by Crippen LogP contribution is 2.11. The van der Waals surface area contributed by atoms with Crippen LogP contribution in [0.25, 0.3) is 0 Å². The van der Waals surface area contributed by atoms with Crippen LogP contribution in [-0.2, 0) is 6.42 Å². The van der Waals surface area contributed by atoms with E-state index in [9.17, 15) is 9.50 Å². The second kappa shape index (κ2) is 8.47. The number of aliphatic hydroxyl groups excluding tert-OH is 1. The van der Waals surface area contributed by atoms with E-state index in [1.54, 1.807) is 12.1 Å². The molecule has 1 heterocycles. The van der Waals surface area contributed by atoms with Gasteiger partial charge in [-0.25, -0.2) is 4.39 Å². The molecule has 1 aromatic rings. The van der Waals surface area contributed by atoms with E-state index < -0.39 is 0 Å². The number of nitrogens with zero attached hydrogens (tertiary/aromatic N) is 2. The molecule has 0 amide bonds. The Morgan fingerprint density at radius 1 is 1.24 bits per heavy atom. The number of benzene rings is 1. The van der Waals surface area contributed by atoms with Crippen molar-refractivity contribution >= 4 is 0 Å². The highest BCUT2D eigenvalue weighted by Gasteiger charge is 2.21. The Kier molecular flexibility index (Phi) is 6.61. The number of hydrogen-bond donors (Lipinski definition) is 1. The highest BCUT2D eigenvalue weighted by molar-refractivity contribution is 5.16. The molecule has 0 radical (unpaired) electrons. The van der Waals surface area contributed by atoms with E-state index in [0.717, 1.165) is 57.5 Å². The van der Waals surface area contributed by atoms with Crippen LogP contribution in [0.1, 0.15) is 25.3 Å². The van der Waals surface area contributed by atoms with Crippen molar-refractivity contribution < 1.29 is 9.50 Å². The molecule has 1 N–H and O–H groups in total. The number of halogens is 1. The van der Waals surface area contributed by atoms with Crippen molar-refractivity contribution in [2.75, 3.05) is 39.3 Å². The molecule has 1 saturated heterocycles. The predicted octanol–water partition coefficient (Wildman–Crippen LogP) is 2.15. The van der Waals surface area contributed by atoms with Crippen LogP contribution in [0.15, 0.2) is 24.3 Å². The van der Waals surface area contributed by atoms with Crippen molar-refractivity contribution in [2.24, 2.45) is 0 Å². The molecule has 1 aliphatic rings. The first-order valence-corrected chi connectivity index (χ1v) is 8.04. The molecule has 1 aliphatic heterocycles. The highest BCUT2D eigenvalue weighted by atomic mass is 19.1. The van der Waals surface area contributed by atoms with Crippen LogP contribution in [0.4, 0.5) is 4.39 Å². The van der Waals surface area contributed by atoms with Crippen LogP contribution in [0.5, 0.6) is 0 Å². The molecule has 3 nitrogen and oxygen atoms in total. The Morgan fingerprint density at radius 2 is 2.00 bits per heavy atom. The first-order valence-electron chi connectivity index (χ1n) is 8.04. The number of rotatable bonds is 7. The smallest absolute Gasteiger partial charge is 0.123 e. The summed E-state index contributed by atoms with van der Waals surface area (Å²) in [5, 5.41) is 9.35. The lowest BCUT2D eigenvalue weighted by atomic mass is 10.1. The molecule has 1 aromatic carbocycles. The standard InChI is InChI=1S/C17H27FN2O/c1-2-17(14-21)20-11-9-19(10-12-20)8-4-6-15-5-3-7-16(18)13-15/h3,5,7,13,17,21H,2,4,6,8-12,14H2,1H3. The number of piperazine rings is 1.